The Bertz CT molecular complexity index is 1230. The molecule has 0 fully saturated rings. The van der Waals surface area contributed by atoms with Crippen molar-refractivity contribution in [1.82, 2.24) is 5.32 Å². The summed E-state index contributed by atoms with van der Waals surface area (Å²) < 4.78 is 12.3. The first kappa shape index (κ1) is 28.5. The second kappa shape index (κ2) is 13.4. The molecule has 0 saturated heterocycles. The number of carbonyl (C=O) groups is 2. The third-order valence-electron chi connectivity index (χ3n) is 6.09. The Morgan fingerprint density at radius 1 is 0.921 bits per heavy atom. The van der Waals surface area contributed by atoms with Gasteiger partial charge in [-0.05, 0) is 27.1 Å². The van der Waals surface area contributed by atoms with Gasteiger partial charge in [0.05, 0.1) is 12.6 Å². The monoisotopic (exact) mass is 527 g/mol. The first-order chi connectivity index (χ1) is 18.3. The number of hydrogen-bond donors (Lipinski definition) is 1. The zero-order valence-corrected chi connectivity index (χ0v) is 22.9. The van der Waals surface area contributed by atoms with E-state index in [1.54, 1.807) is 0 Å². The molecule has 3 rings (SSSR count). The predicted octanol–water partition coefficient (Wildman–Crippen LogP) is 4.28. The van der Waals surface area contributed by atoms with E-state index in [4.69, 9.17) is 14.7 Å². The van der Waals surface area contributed by atoms with Gasteiger partial charge in [0.25, 0.3) is 14.1 Å². The van der Waals surface area contributed by atoms with Gasteiger partial charge >= 0.3 is 12.3 Å². The summed E-state index contributed by atoms with van der Waals surface area (Å²) >= 11 is 0. The summed E-state index contributed by atoms with van der Waals surface area (Å²) in [5, 5.41) is 4.72. The Hall–Kier alpha value is -4.10. The molecule has 0 aliphatic heterocycles. The standard InChI is InChI=1S/C30H33N3O4Si/c1-30(2,3)38(27-15-9-5-10-16-27,28-17-11-6-12-18-28)37-23-25(19-20-26(34)21-32-31)33-29(35)36-22-24-13-7-4-8-14-24/h4-21,25H,22-23H2,1-3H3,(H,33,35)/b20-19-/t25-/m1/s1. The summed E-state index contributed by atoms with van der Waals surface area (Å²) in [5.41, 5.74) is 9.54. The highest BCUT2D eigenvalue weighted by atomic mass is 28.4. The van der Waals surface area contributed by atoms with Gasteiger partial charge in [0.1, 0.15) is 6.61 Å². The molecule has 196 valence electrons. The van der Waals surface area contributed by atoms with E-state index >= 15 is 0 Å². The molecule has 7 nitrogen and oxygen atoms in total. The normalized spacial score (nSPS) is 12.4. The number of nitrogens with one attached hydrogen (secondary N) is 1. The molecule has 1 atom stereocenters. The molecule has 0 saturated carbocycles. The summed E-state index contributed by atoms with van der Waals surface area (Å²) in [7, 11) is -2.88. The number of amides is 1. The number of ether oxygens (including phenoxy) is 1. The Labute approximate surface area is 224 Å². The lowest BCUT2D eigenvalue weighted by Crippen LogP contribution is -2.67. The summed E-state index contributed by atoms with van der Waals surface area (Å²) in [5.74, 6) is -0.526. The van der Waals surface area contributed by atoms with Crippen LogP contribution in [-0.4, -0.2) is 43.8 Å². The van der Waals surface area contributed by atoms with Crippen molar-refractivity contribution in [2.75, 3.05) is 6.61 Å². The molecular weight excluding hydrogens is 494 g/mol. The number of ketones is 1. The third-order valence-corrected chi connectivity index (χ3v) is 11.1. The van der Waals surface area contributed by atoms with Crippen LogP contribution in [0, 0.1) is 0 Å². The molecule has 0 radical (unpaired) electrons. The van der Waals surface area contributed by atoms with Gasteiger partial charge in [-0.25, -0.2) is 4.79 Å². The van der Waals surface area contributed by atoms with Crippen LogP contribution < -0.4 is 15.7 Å². The van der Waals surface area contributed by atoms with Crippen molar-refractivity contribution in [3.63, 3.8) is 0 Å². The maximum atomic E-state index is 12.7. The van der Waals surface area contributed by atoms with E-state index in [9.17, 15) is 9.59 Å². The van der Waals surface area contributed by atoms with E-state index in [0.29, 0.717) is 0 Å². The number of allylic oxidation sites excluding steroid dienone is 1. The molecule has 0 unspecified atom stereocenters. The summed E-state index contributed by atoms with van der Waals surface area (Å²) in [6.45, 7) is 6.68. The lowest BCUT2D eigenvalue weighted by atomic mass is 10.2. The van der Waals surface area contributed by atoms with Crippen LogP contribution in [0.3, 0.4) is 0 Å². The number of nitrogens with zero attached hydrogens (tertiary/aromatic N) is 2. The van der Waals surface area contributed by atoms with E-state index in [1.165, 1.54) is 12.2 Å². The first-order valence-corrected chi connectivity index (χ1v) is 14.3. The number of benzene rings is 3. The van der Waals surface area contributed by atoms with Crippen LogP contribution in [0.25, 0.3) is 5.53 Å². The molecule has 8 heteroatoms. The fraction of sp³-hybridized carbons (Fsp3) is 0.233. The second-order valence-corrected chi connectivity index (χ2v) is 14.1. The molecule has 3 aromatic rings. The van der Waals surface area contributed by atoms with E-state index in [0.717, 1.165) is 22.2 Å². The van der Waals surface area contributed by atoms with Crippen LogP contribution in [0.15, 0.2) is 103 Å². The van der Waals surface area contributed by atoms with Crippen LogP contribution in [0.4, 0.5) is 4.79 Å². The van der Waals surface area contributed by atoms with Crippen molar-refractivity contribution >= 4 is 36.8 Å². The quantitative estimate of drug-likeness (QED) is 0.132. The molecule has 0 aromatic heterocycles. The number of alkyl carbamates (subject to hydrolysis) is 1. The molecule has 1 amide bonds. The Morgan fingerprint density at radius 2 is 1.45 bits per heavy atom. The van der Waals surface area contributed by atoms with Crippen molar-refractivity contribution in [2.24, 2.45) is 0 Å². The molecule has 0 aliphatic carbocycles. The maximum Gasteiger partial charge on any atom is 0.408 e. The zero-order valence-electron chi connectivity index (χ0n) is 21.9. The lowest BCUT2D eigenvalue weighted by molar-refractivity contribution is -0.111. The summed E-state index contributed by atoms with van der Waals surface area (Å²) in [6.07, 6.45) is 2.89. The lowest BCUT2D eigenvalue weighted by Gasteiger charge is -2.43. The van der Waals surface area contributed by atoms with E-state index in [2.05, 4.69) is 55.1 Å². The molecule has 0 spiro atoms. The predicted molar refractivity (Wildman–Crippen MR) is 151 cm³/mol. The van der Waals surface area contributed by atoms with Gasteiger partial charge in [-0.3, -0.25) is 4.79 Å². The van der Waals surface area contributed by atoms with Crippen molar-refractivity contribution in [3.05, 3.63) is 114 Å². The minimum Gasteiger partial charge on any atom is -0.445 e. The summed E-state index contributed by atoms with van der Waals surface area (Å²) in [4.78, 5) is 27.4. The van der Waals surface area contributed by atoms with Gasteiger partial charge in [0.2, 0.25) is 0 Å². The maximum absolute atomic E-state index is 12.7. The average molecular weight is 528 g/mol. The average Bonchev–Trinajstić information content (AvgIpc) is 2.92. The highest BCUT2D eigenvalue weighted by molar-refractivity contribution is 6.99. The number of rotatable bonds is 11. The molecule has 3 aromatic carbocycles. The van der Waals surface area contributed by atoms with E-state index in [1.807, 2.05) is 66.7 Å². The third kappa shape index (κ3) is 7.46. The molecule has 0 aliphatic rings. The first-order valence-electron chi connectivity index (χ1n) is 12.4. The van der Waals surface area contributed by atoms with Crippen molar-refractivity contribution in [1.29, 1.82) is 0 Å². The SMILES string of the molecule is CC(C)(C)[Si](OC[C@@H](/C=C\C(=O)C=[N+]=[N-])NC(=O)OCc1ccccc1)(c1ccccc1)c1ccccc1. The minimum absolute atomic E-state index is 0.0910. The van der Waals surface area contributed by atoms with Crippen LogP contribution >= 0.6 is 0 Å². The van der Waals surface area contributed by atoms with Crippen LogP contribution in [0.1, 0.15) is 26.3 Å². The van der Waals surface area contributed by atoms with Gasteiger partial charge in [-0.15, -0.1) is 0 Å². The van der Waals surface area contributed by atoms with E-state index < -0.39 is 26.2 Å². The molecule has 0 heterocycles. The Kier molecular flexibility index (Phi) is 10.1. The van der Waals surface area contributed by atoms with Gasteiger partial charge < -0.3 is 20.0 Å². The topological polar surface area (TPSA) is 101 Å². The van der Waals surface area contributed by atoms with Crippen LogP contribution in [0.5, 0.6) is 0 Å². The van der Waals surface area contributed by atoms with Gasteiger partial charge in [-0.1, -0.05) is 118 Å². The highest BCUT2D eigenvalue weighted by Crippen LogP contribution is 2.36. The minimum atomic E-state index is -2.88. The number of carbonyl (C=O) groups excluding carboxylic acids is 2. The molecule has 0 bridgehead atoms. The smallest absolute Gasteiger partial charge is 0.408 e. The Balaban J connectivity index is 1.91. The largest absolute Gasteiger partial charge is 0.445 e. The molecule has 1 N–H and O–H groups in total. The second-order valence-electron chi connectivity index (χ2n) is 9.79. The van der Waals surface area contributed by atoms with E-state index in [-0.39, 0.29) is 18.3 Å². The van der Waals surface area contributed by atoms with Gasteiger partial charge in [0.15, 0.2) is 0 Å². The summed E-state index contributed by atoms with van der Waals surface area (Å²) in [6, 6.07) is 28.9. The number of hydrogen-bond acceptors (Lipinski definition) is 4. The van der Waals surface area contributed by atoms with Crippen LogP contribution in [-0.2, 0) is 20.6 Å². The van der Waals surface area contributed by atoms with Gasteiger partial charge in [0, 0.05) is 0 Å². The van der Waals surface area contributed by atoms with Crippen molar-refractivity contribution in [3.8, 4) is 0 Å². The highest BCUT2D eigenvalue weighted by Gasteiger charge is 2.50. The zero-order chi connectivity index (χ0) is 27.4. The molecule has 38 heavy (non-hydrogen) atoms. The van der Waals surface area contributed by atoms with Crippen molar-refractivity contribution < 1.29 is 23.5 Å². The van der Waals surface area contributed by atoms with Gasteiger partial charge in [-0.2, -0.15) is 4.79 Å². The van der Waals surface area contributed by atoms with Crippen molar-refractivity contribution in [2.45, 2.75) is 38.5 Å². The fourth-order valence-electron chi connectivity index (χ4n) is 4.35. The Morgan fingerprint density at radius 3 is 1.95 bits per heavy atom. The van der Waals surface area contributed by atoms with Crippen LogP contribution in [0.2, 0.25) is 5.04 Å². The fourth-order valence-corrected chi connectivity index (χ4v) is 8.93. The molecular formula is C30H33N3O4Si.